The van der Waals surface area contributed by atoms with Gasteiger partial charge in [0.1, 0.15) is 5.75 Å². The van der Waals surface area contributed by atoms with Crippen molar-refractivity contribution in [2.24, 2.45) is 0 Å². The van der Waals surface area contributed by atoms with Gasteiger partial charge < -0.3 is 24.8 Å². The number of amides is 2. The van der Waals surface area contributed by atoms with Crippen LogP contribution in [-0.4, -0.2) is 32.1 Å². The van der Waals surface area contributed by atoms with Crippen LogP contribution in [0.25, 0.3) is 0 Å². The van der Waals surface area contributed by atoms with Crippen molar-refractivity contribution >= 4 is 23.2 Å². The second kappa shape index (κ2) is 12.3. The lowest BCUT2D eigenvalue weighted by Gasteiger charge is -2.12. The molecular weight excluding hydrogens is 432 g/mol. The maximum atomic E-state index is 12.3. The maximum absolute atomic E-state index is 12.3. The number of anilines is 2. The van der Waals surface area contributed by atoms with E-state index >= 15 is 0 Å². The number of benzene rings is 3. The van der Waals surface area contributed by atoms with Crippen LogP contribution in [0, 0.1) is 0 Å². The fourth-order valence-corrected chi connectivity index (χ4v) is 3.19. The molecule has 0 fully saturated rings. The molecule has 0 atom stereocenters. The molecule has 3 aromatic rings. The van der Waals surface area contributed by atoms with Crippen LogP contribution in [0.15, 0.2) is 72.8 Å². The molecule has 0 spiro atoms. The third kappa shape index (κ3) is 7.55. The van der Waals surface area contributed by atoms with Gasteiger partial charge in [0.2, 0.25) is 5.91 Å². The molecule has 0 aliphatic rings. The van der Waals surface area contributed by atoms with Crippen LogP contribution in [0.5, 0.6) is 17.2 Å². The lowest BCUT2D eigenvalue weighted by molar-refractivity contribution is -0.118. The van der Waals surface area contributed by atoms with E-state index in [4.69, 9.17) is 14.2 Å². The third-order valence-corrected chi connectivity index (χ3v) is 5.00. The van der Waals surface area contributed by atoms with Crippen LogP contribution in [0.4, 0.5) is 11.4 Å². The summed E-state index contributed by atoms with van der Waals surface area (Å²) in [4.78, 5) is 24.6. The molecule has 0 saturated carbocycles. The zero-order chi connectivity index (χ0) is 24.3. The van der Waals surface area contributed by atoms with Gasteiger partial charge in [-0.3, -0.25) is 9.59 Å². The molecule has 7 heteroatoms. The number of carbonyl (C=O) groups excluding carboxylic acids is 2. The lowest BCUT2D eigenvalue weighted by Crippen LogP contribution is -2.20. The minimum Gasteiger partial charge on any atom is -0.493 e. The Morgan fingerprint density at radius 2 is 1.44 bits per heavy atom. The standard InChI is InChI=1S/C27H30N2O5/c1-19(2)20-11-13-23(14-12-20)33-16-15-26(30)28-21-7-6-8-22(17-21)29-27(31)18-34-25-10-5-4-9-24(25)32-3/h4-14,17,19H,15-16,18H2,1-3H3,(H,28,30)(H,29,31). The molecular formula is C27H30N2O5. The third-order valence-electron chi connectivity index (χ3n) is 5.00. The summed E-state index contributed by atoms with van der Waals surface area (Å²) in [7, 11) is 1.54. The first-order chi connectivity index (χ1) is 16.4. The van der Waals surface area contributed by atoms with Gasteiger partial charge in [-0.1, -0.05) is 44.2 Å². The molecule has 3 aromatic carbocycles. The Hall–Kier alpha value is -4.00. The zero-order valence-electron chi connectivity index (χ0n) is 19.7. The highest BCUT2D eigenvalue weighted by molar-refractivity contribution is 5.94. The minimum atomic E-state index is -0.328. The molecule has 0 saturated heterocycles. The van der Waals surface area contributed by atoms with E-state index in [9.17, 15) is 9.59 Å². The first-order valence-electron chi connectivity index (χ1n) is 11.1. The fraction of sp³-hybridized carbons (Fsp3) is 0.259. The molecule has 2 N–H and O–H groups in total. The van der Waals surface area contributed by atoms with Gasteiger partial charge in [-0.15, -0.1) is 0 Å². The Morgan fingerprint density at radius 1 is 0.794 bits per heavy atom. The Bertz CT molecular complexity index is 1100. The molecule has 0 aromatic heterocycles. The highest BCUT2D eigenvalue weighted by Gasteiger charge is 2.09. The van der Waals surface area contributed by atoms with E-state index in [2.05, 4.69) is 24.5 Å². The van der Waals surface area contributed by atoms with Crippen molar-refractivity contribution < 1.29 is 23.8 Å². The fourth-order valence-electron chi connectivity index (χ4n) is 3.19. The van der Waals surface area contributed by atoms with Crippen LogP contribution < -0.4 is 24.8 Å². The van der Waals surface area contributed by atoms with Crippen molar-refractivity contribution in [2.45, 2.75) is 26.2 Å². The van der Waals surface area contributed by atoms with Crippen LogP contribution >= 0.6 is 0 Å². The normalized spacial score (nSPS) is 10.5. The van der Waals surface area contributed by atoms with Crippen molar-refractivity contribution in [1.29, 1.82) is 0 Å². The number of hydrogen-bond acceptors (Lipinski definition) is 5. The summed E-state index contributed by atoms with van der Waals surface area (Å²) in [5, 5.41) is 5.58. The average molecular weight is 463 g/mol. The molecule has 0 unspecified atom stereocenters. The van der Waals surface area contributed by atoms with Gasteiger partial charge in [0, 0.05) is 11.4 Å². The number of methoxy groups -OCH3 is 1. The van der Waals surface area contributed by atoms with E-state index in [1.807, 2.05) is 30.3 Å². The van der Waals surface area contributed by atoms with E-state index in [0.717, 1.165) is 5.75 Å². The van der Waals surface area contributed by atoms with Gasteiger partial charge >= 0.3 is 0 Å². The van der Waals surface area contributed by atoms with Crippen LogP contribution in [-0.2, 0) is 9.59 Å². The molecule has 34 heavy (non-hydrogen) atoms. The Kier molecular flexibility index (Phi) is 8.91. The van der Waals surface area contributed by atoms with Crippen molar-refractivity contribution in [1.82, 2.24) is 0 Å². The van der Waals surface area contributed by atoms with Crippen LogP contribution in [0.3, 0.4) is 0 Å². The average Bonchev–Trinajstić information content (AvgIpc) is 2.83. The lowest BCUT2D eigenvalue weighted by atomic mass is 10.0. The number of nitrogens with one attached hydrogen (secondary N) is 2. The predicted octanol–water partition coefficient (Wildman–Crippen LogP) is 5.24. The summed E-state index contributed by atoms with van der Waals surface area (Å²) in [5.41, 5.74) is 2.37. The van der Waals surface area contributed by atoms with Gasteiger partial charge in [-0.05, 0) is 53.9 Å². The molecule has 0 aliphatic carbocycles. The van der Waals surface area contributed by atoms with Gasteiger partial charge in [-0.2, -0.15) is 0 Å². The smallest absolute Gasteiger partial charge is 0.262 e. The summed E-state index contributed by atoms with van der Waals surface area (Å²) in [6.45, 7) is 4.36. The quantitative estimate of drug-likeness (QED) is 0.407. The van der Waals surface area contributed by atoms with E-state index in [1.54, 1.807) is 42.5 Å². The first-order valence-corrected chi connectivity index (χ1v) is 11.1. The SMILES string of the molecule is COc1ccccc1OCC(=O)Nc1cccc(NC(=O)CCOc2ccc(C(C)C)cc2)c1. The molecule has 0 aliphatic heterocycles. The predicted molar refractivity (Wildman–Crippen MR) is 133 cm³/mol. The Labute approximate surface area is 200 Å². The van der Waals surface area contributed by atoms with Crippen LogP contribution in [0.1, 0.15) is 31.7 Å². The molecule has 0 heterocycles. The van der Waals surface area contributed by atoms with Gasteiger partial charge in [0.15, 0.2) is 18.1 Å². The topological polar surface area (TPSA) is 85.9 Å². The van der Waals surface area contributed by atoms with Crippen molar-refractivity contribution in [3.63, 3.8) is 0 Å². The van der Waals surface area contributed by atoms with Gasteiger partial charge in [0.05, 0.1) is 20.1 Å². The highest BCUT2D eigenvalue weighted by atomic mass is 16.5. The van der Waals surface area contributed by atoms with Gasteiger partial charge in [0.25, 0.3) is 5.91 Å². The van der Waals surface area contributed by atoms with Crippen molar-refractivity contribution in [3.05, 3.63) is 78.4 Å². The molecule has 2 amide bonds. The number of carbonyl (C=O) groups is 2. The molecule has 178 valence electrons. The summed E-state index contributed by atoms with van der Waals surface area (Å²) < 4.78 is 16.4. The van der Waals surface area contributed by atoms with Gasteiger partial charge in [-0.25, -0.2) is 0 Å². The molecule has 3 rings (SSSR count). The Balaban J connectivity index is 1.44. The molecule has 7 nitrogen and oxygen atoms in total. The molecule has 0 bridgehead atoms. The number of rotatable bonds is 11. The largest absolute Gasteiger partial charge is 0.493 e. The van der Waals surface area contributed by atoms with Crippen LogP contribution in [0.2, 0.25) is 0 Å². The number of hydrogen-bond donors (Lipinski definition) is 2. The van der Waals surface area contributed by atoms with E-state index < -0.39 is 0 Å². The van der Waals surface area contributed by atoms with E-state index in [-0.39, 0.29) is 31.4 Å². The highest BCUT2D eigenvalue weighted by Crippen LogP contribution is 2.25. The maximum Gasteiger partial charge on any atom is 0.262 e. The molecule has 0 radical (unpaired) electrons. The second-order valence-corrected chi connectivity index (χ2v) is 7.94. The number of ether oxygens (including phenoxy) is 3. The minimum absolute atomic E-state index is 0.174. The summed E-state index contributed by atoms with van der Waals surface area (Å²) in [6.07, 6.45) is 0.204. The van der Waals surface area contributed by atoms with Crippen molar-refractivity contribution in [3.8, 4) is 17.2 Å². The van der Waals surface area contributed by atoms with E-state index in [1.165, 1.54) is 12.7 Å². The zero-order valence-corrected chi connectivity index (χ0v) is 19.7. The number of para-hydroxylation sites is 2. The van der Waals surface area contributed by atoms with E-state index in [0.29, 0.717) is 28.8 Å². The monoisotopic (exact) mass is 462 g/mol. The van der Waals surface area contributed by atoms with Crippen molar-refractivity contribution in [2.75, 3.05) is 31.0 Å². The summed E-state index contributed by atoms with van der Waals surface area (Å²) >= 11 is 0. The Morgan fingerprint density at radius 3 is 2.09 bits per heavy atom. The summed E-state index contributed by atoms with van der Waals surface area (Å²) in [6, 6.07) is 21.9. The first kappa shape index (κ1) is 24.6. The summed E-state index contributed by atoms with van der Waals surface area (Å²) in [5.74, 6) is 1.72. The second-order valence-electron chi connectivity index (χ2n) is 7.94.